The molecule has 2 amide bonds. The maximum absolute atomic E-state index is 14.4. The maximum Gasteiger partial charge on any atom is 0.376 e. The van der Waals surface area contributed by atoms with Gasteiger partial charge < -0.3 is 91.9 Å². The number of ketones is 1. The number of carbonyl (C=O) groups excluding carboxylic acids is 4. The van der Waals surface area contributed by atoms with Crippen molar-refractivity contribution in [2.75, 3.05) is 39.6 Å². The molecule has 7 aliphatic rings. The lowest BCUT2D eigenvalue weighted by Gasteiger charge is -2.51. The molecule has 25 nitrogen and oxygen atoms in total. The summed E-state index contributed by atoms with van der Waals surface area (Å²) in [6, 6.07) is 51.1. The highest BCUT2D eigenvalue weighted by Crippen LogP contribution is 2.47. The zero-order valence-electron chi connectivity index (χ0n) is 66.8. The van der Waals surface area contributed by atoms with Gasteiger partial charge in [-0.3, -0.25) is 19.2 Å². The highest BCUT2D eigenvalue weighted by atomic mass is 16.8. The van der Waals surface area contributed by atoms with Crippen LogP contribution in [0.5, 0.6) is 0 Å². The number of benzene rings is 6. The van der Waals surface area contributed by atoms with Crippen LogP contribution in [-0.2, 0) is 115 Å². The van der Waals surface area contributed by atoms with Gasteiger partial charge in [0.15, 0.2) is 37.7 Å². The Hall–Kier alpha value is -7.32. The van der Waals surface area contributed by atoms with Crippen LogP contribution in [0.1, 0.15) is 122 Å². The Kier molecular flexibility index (Phi) is 29.2. The first-order valence-electron chi connectivity index (χ1n) is 40.3. The number of carbonyl (C=O) groups is 4. The van der Waals surface area contributed by atoms with Crippen LogP contribution in [0.2, 0.25) is 0 Å². The topological polar surface area (TPSA) is 293 Å². The molecular formula is C89H113N3O22. The standard InChI is InChI=1S/C89H113N3O22/c1-49-50(2)69(44-99-40-60-28-16-12-17-29-60)105-84(52(49)4)110-81-55(7)75(91-59(11)95)89(109-72(81)46-101-42-62-32-20-14-21-33-62)113-82-56(8)86(114-92-76(57(9)93)78(97)83(98)102-43-68-66-38-26-24-36-64(66)65-37-25-27-39-67(65)68)106-70(77(82)96)47-104-88-74(90-58(10)94)54(6)80(71(108-88)45-100-41-61-30-18-13-19-31-61)111-85-53(5)51(3)79-73(107-85)48-103-87(112-79)63-34-22-15-23-35-63/h12-39,49-57,68-77,79-82,84-89,92-93,96H,40-48H2,1-11H3,(H,90,94)(H,91,95)/t49-,50+,51+,52?,53?,54?,55+,56?,57+,69?,70?,71?,72?,73?,74?,75?,76-,77-,79+,80?,81+,82+,84-,85-,86-,87?,88-,89-/m0/s1. The van der Waals surface area contributed by atoms with E-state index in [1.54, 1.807) is 6.92 Å². The molecule has 0 bridgehead atoms. The fraction of sp³-hybridized carbons (Fsp3) is 0.551. The van der Waals surface area contributed by atoms with E-state index in [1.165, 1.54) is 20.8 Å². The second kappa shape index (κ2) is 39.3. The van der Waals surface area contributed by atoms with Crippen LogP contribution in [0.4, 0.5) is 0 Å². The van der Waals surface area contributed by atoms with Crippen LogP contribution in [0.15, 0.2) is 170 Å². The van der Waals surface area contributed by atoms with Gasteiger partial charge in [0.1, 0.15) is 43.2 Å². The molecule has 0 radical (unpaired) electrons. The van der Waals surface area contributed by atoms with Gasteiger partial charge in [-0.25, -0.2) is 4.79 Å². The molecule has 6 aromatic rings. The van der Waals surface area contributed by atoms with Crippen LogP contribution < -0.4 is 16.1 Å². The van der Waals surface area contributed by atoms with Crippen molar-refractivity contribution in [2.24, 2.45) is 47.3 Å². The van der Waals surface area contributed by atoms with E-state index in [0.717, 1.165) is 44.5 Å². The smallest absolute Gasteiger partial charge is 0.376 e. The Morgan fingerprint density at radius 1 is 0.456 bits per heavy atom. The number of fused-ring (bicyclic) bond motifs is 4. The number of aliphatic hydroxyl groups is 2. The van der Waals surface area contributed by atoms with Crippen molar-refractivity contribution in [1.29, 1.82) is 0 Å². The van der Waals surface area contributed by atoms with Gasteiger partial charge in [-0.05, 0) is 63.6 Å². The van der Waals surface area contributed by atoms with E-state index in [0.29, 0.717) is 13.2 Å². The molecule has 616 valence electrons. The summed E-state index contributed by atoms with van der Waals surface area (Å²) in [5.74, 6) is -5.87. The van der Waals surface area contributed by atoms with E-state index < -0.39 is 159 Å². The van der Waals surface area contributed by atoms with Gasteiger partial charge >= 0.3 is 5.97 Å². The Morgan fingerprint density at radius 2 is 0.912 bits per heavy atom. The lowest BCUT2D eigenvalue weighted by molar-refractivity contribution is -0.368. The molecule has 0 saturated carbocycles. The first-order chi connectivity index (χ1) is 55.1. The molecule has 6 heterocycles. The lowest BCUT2D eigenvalue weighted by Crippen LogP contribution is -2.66. The van der Waals surface area contributed by atoms with Crippen LogP contribution in [0, 0.1) is 47.3 Å². The van der Waals surface area contributed by atoms with Crippen LogP contribution >= 0.6 is 0 Å². The molecule has 13 unspecified atom stereocenters. The van der Waals surface area contributed by atoms with E-state index in [4.69, 9.17) is 75.9 Å². The van der Waals surface area contributed by atoms with E-state index in [-0.39, 0.29) is 87.4 Å². The number of hydroxylamine groups is 1. The minimum Gasteiger partial charge on any atom is -0.459 e. The molecule has 13 rings (SSSR count). The number of nitrogens with one attached hydrogen (secondary N) is 3. The molecule has 114 heavy (non-hydrogen) atoms. The molecule has 0 spiro atoms. The van der Waals surface area contributed by atoms with E-state index in [2.05, 4.69) is 50.7 Å². The minimum atomic E-state index is -1.72. The van der Waals surface area contributed by atoms with Gasteiger partial charge in [0, 0.05) is 54.9 Å². The lowest BCUT2D eigenvalue weighted by atomic mass is 9.79. The zero-order chi connectivity index (χ0) is 80.3. The van der Waals surface area contributed by atoms with Crippen molar-refractivity contribution in [3.63, 3.8) is 0 Å². The monoisotopic (exact) mass is 1580 g/mol. The molecule has 0 aromatic heterocycles. The number of Topliss-reactive ketones (excluding diaryl/α,β-unsaturated/α-hetero) is 1. The fourth-order valence-corrected chi connectivity index (χ4v) is 16.9. The molecule has 6 saturated heterocycles. The normalized spacial score (nSPS) is 34.0. The molecule has 1 aliphatic carbocycles. The van der Waals surface area contributed by atoms with Gasteiger partial charge in [0.2, 0.25) is 11.8 Å². The van der Waals surface area contributed by atoms with Crippen molar-refractivity contribution in [2.45, 2.75) is 225 Å². The maximum atomic E-state index is 14.4. The summed E-state index contributed by atoms with van der Waals surface area (Å²) in [5.41, 5.74) is 10.3. The third-order valence-corrected chi connectivity index (χ3v) is 24.1. The number of hydrogen-bond donors (Lipinski definition) is 5. The van der Waals surface area contributed by atoms with E-state index >= 15 is 0 Å². The first-order valence-corrected chi connectivity index (χ1v) is 40.3. The Morgan fingerprint density at radius 3 is 1.45 bits per heavy atom. The first kappa shape index (κ1) is 84.6. The van der Waals surface area contributed by atoms with Gasteiger partial charge in [-0.2, -0.15) is 5.48 Å². The summed E-state index contributed by atoms with van der Waals surface area (Å²) >= 11 is 0. The SMILES string of the molecule is CC(=O)NC1C(C)C(O[C@@H]2OC3COC(c4ccccc4)O[C@@H]3[C@H](C)C2C)C(COCc2ccccc2)O[C@@H]1OCC1O[C@@H](ON[C@H](C(=O)C(=O)OCC2c3ccccc3-c3ccccc32)[C@@H](C)O)C(C)[C@@H](O[C@@H]2OC(COCc3ccccc3)[C@H](O[C@@H]3OC(COCc4ccccc4)[C@H](C)[C@H](C)C3C)[C@H](C)C2NC(C)=O)[C@H]1O. The van der Waals surface area contributed by atoms with Crippen LogP contribution in [-0.4, -0.2) is 190 Å². The highest BCUT2D eigenvalue weighted by molar-refractivity contribution is 6.35. The molecule has 6 aromatic carbocycles. The second-order valence-electron chi connectivity index (χ2n) is 32.0. The summed E-state index contributed by atoms with van der Waals surface area (Å²) < 4.78 is 101. The van der Waals surface area contributed by atoms with Crippen LogP contribution in [0.3, 0.4) is 0 Å². The third kappa shape index (κ3) is 20.1. The van der Waals surface area contributed by atoms with E-state index in [9.17, 15) is 29.4 Å². The highest BCUT2D eigenvalue weighted by Gasteiger charge is 2.56. The van der Waals surface area contributed by atoms with Crippen molar-refractivity contribution >= 4 is 23.6 Å². The number of amides is 2. The number of rotatable bonds is 32. The molecular weight excluding hydrogens is 1460 g/mol. The summed E-state index contributed by atoms with van der Waals surface area (Å²) in [7, 11) is 0. The summed E-state index contributed by atoms with van der Waals surface area (Å²) in [6.45, 7) is 21.0. The zero-order valence-corrected chi connectivity index (χ0v) is 66.8. The Bertz CT molecular complexity index is 4010. The largest absolute Gasteiger partial charge is 0.459 e. The number of aliphatic hydroxyl groups excluding tert-OH is 2. The average molecular weight is 1580 g/mol. The quantitative estimate of drug-likeness (QED) is 0.0149. The number of hydrogen-bond acceptors (Lipinski definition) is 23. The summed E-state index contributed by atoms with van der Waals surface area (Å²) in [5, 5.41) is 30.7. The van der Waals surface area contributed by atoms with Gasteiger partial charge in [-0.1, -0.05) is 225 Å². The second-order valence-corrected chi connectivity index (χ2v) is 32.0. The predicted molar refractivity (Wildman–Crippen MR) is 416 cm³/mol. The Balaban J connectivity index is 0.774. The molecule has 5 N–H and O–H groups in total. The van der Waals surface area contributed by atoms with Crippen molar-refractivity contribution in [1.82, 2.24) is 16.1 Å². The van der Waals surface area contributed by atoms with Gasteiger partial charge in [-0.15, -0.1) is 0 Å². The Labute approximate surface area is 668 Å². The number of ether oxygens (including phenoxy) is 15. The average Bonchev–Trinajstić information content (AvgIpc) is 1.33. The summed E-state index contributed by atoms with van der Waals surface area (Å²) in [6.07, 6.45) is -16.6. The van der Waals surface area contributed by atoms with Crippen LogP contribution in [0.25, 0.3) is 11.1 Å². The fourth-order valence-electron chi connectivity index (χ4n) is 16.9. The van der Waals surface area contributed by atoms with Crippen molar-refractivity contribution in [3.05, 3.63) is 203 Å². The predicted octanol–water partition coefficient (Wildman–Crippen LogP) is 10.2. The third-order valence-electron chi connectivity index (χ3n) is 24.1. The molecule has 6 fully saturated rings. The van der Waals surface area contributed by atoms with E-state index in [1.807, 2.05) is 184 Å². The van der Waals surface area contributed by atoms with Crippen molar-refractivity contribution < 1.29 is 105 Å². The van der Waals surface area contributed by atoms with Gasteiger partial charge in [0.25, 0.3) is 5.78 Å². The minimum absolute atomic E-state index is 0.00379. The molecule has 25 heteroatoms. The summed E-state index contributed by atoms with van der Waals surface area (Å²) in [4.78, 5) is 62.1. The molecule has 28 atom stereocenters. The van der Waals surface area contributed by atoms with Gasteiger partial charge in [0.05, 0.1) is 102 Å². The number of esters is 1. The van der Waals surface area contributed by atoms with Crippen molar-refractivity contribution in [3.8, 4) is 11.1 Å². The molecule has 6 aliphatic heterocycles.